The summed E-state index contributed by atoms with van der Waals surface area (Å²) in [5.41, 5.74) is 1.96. The third-order valence-corrected chi connectivity index (χ3v) is 4.03. The molecular formula is C19H24N4O. The molecule has 1 aromatic heterocycles. The summed E-state index contributed by atoms with van der Waals surface area (Å²) < 4.78 is 0. The number of pyridine rings is 1. The summed E-state index contributed by atoms with van der Waals surface area (Å²) in [5.74, 6) is 0.905. The summed E-state index contributed by atoms with van der Waals surface area (Å²) in [6, 6.07) is 14.7. The molecule has 2 N–H and O–H groups in total. The maximum Gasteiger partial charge on any atom is 0.319 e. The van der Waals surface area contributed by atoms with Crippen LogP contribution in [0.5, 0.6) is 0 Å². The van der Waals surface area contributed by atoms with Gasteiger partial charge in [0.25, 0.3) is 0 Å². The molecule has 1 heterocycles. The highest BCUT2D eigenvalue weighted by molar-refractivity contribution is 5.89. The topological polar surface area (TPSA) is 57.3 Å². The first-order chi connectivity index (χ1) is 11.6. The van der Waals surface area contributed by atoms with Gasteiger partial charge in [0.05, 0.1) is 11.9 Å². The van der Waals surface area contributed by atoms with Crippen LogP contribution in [0.1, 0.15) is 32.3 Å². The molecule has 2 amide bonds. The predicted molar refractivity (Wildman–Crippen MR) is 97.2 cm³/mol. The van der Waals surface area contributed by atoms with Crippen molar-refractivity contribution in [1.82, 2.24) is 10.3 Å². The number of carbonyl (C=O) groups excluding carboxylic acids is 1. The molecule has 1 fully saturated rings. The lowest BCUT2D eigenvalue weighted by molar-refractivity contribution is 0.251. The van der Waals surface area contributed by atoms with Crippen LogP contribution < -0.4 is 15.5 Å². The molecule has 1 aliphatic rings. The van der Waals surface area contributed by atoms with Crippen LogP contribution in [0.4, 0.5) is 16.3 Å². The highest BCUT2D eigenvalue weighted by atomic mass is 16.2. The van der Waals surface area contributed by atoms with E-state index in [0.717, 1.165) is 25.2 Å². The van der Waals surface area contributed by atoms with Gasteiger partial charge in [-0.05, 0) is 44.4 Å². The molecule has 0 atom stereocenters. The van der Waals surface area contributed by atoms with Gasteiger partial charge in [-0.25, -0.2) is 9.78 Å². The van der Waals surface area contributed by atoms with Crippen molar-refractivity contribution in [3.63, 3.8) is 0 Å². The minimum absolute atomic E-state index is 0.156. The number of nitrogens with zero attached hydrogens (tertiary/aromatic N) is 2. The van der Waals surface area contributed by atoms with Crippen LogP contribution in [0, 0.1) is 0 Å². The Morgan fingerprint density at radius 3 is 2.54 bits per heavy atom. The van der Waals surface area contributed by atoms with Crippen LogP contribution >= 0.6 is 0 Å². The summed E-state index contributed by atoms with van der Waals surface area (Å²) >= 11 is 0. The van der Waals surface area contributed by atoms with Crippen LogP contribution in [0.25, 0.3) is 0 Å². The lowest BCUT2D eigenvalue weighted by atomic mass is 10.2. The number of carbonyl (C=O) groups is 1. The zero-order chi connectivity index (χ0) is 16.9. The van der Waals surface area contributed by atoms with Crippen molar-refractivity contribution in [1.29, 1.82) is 0 Å². The van der Waals surface area contributed by atoms with E-state index in [2.05, 4.69) is 46.5 Å². The molecule has 5 heteroatoms. The van der Waals surface area contributed by atoms with Gasteiger partial charge < -0.3 is 15.5 Å². The lowest BCUT2D eigenvalue weighted by Gasteiger charge is -2.28. The van der Waals surface area contributed by atoms with Crippen LogP contribution in [0.15, 0.2) is 48.7 Å². The summed E-state index contributed by atoms with van der Waals surface area (Å²) in [6.45, 7) is 5.11. The first-order valence-corrected chi connectivity index (χ1v) is 8.46. The molecular weight excluding hydrogens is 300 g/mol. The third kappa shape index (κ3) is 4.47. The van der Waals surface area contributed by atoms with E-state index in [1.165, 1.54) is 5.56 Å². The monoisotopic (exact) mass is 324 g/mol. The average Bonchev–Trinajstić information content (AvgIpc) is 3.38. The highest BCUT2D eigenvalue weighted by Gasteiger charge is 2.23. The van der Waals surface area contributed by atoms with Crippen molar-refractivity contribution < 1.29 is 4.79 Å². The molecule has 0 unspecified atom stereocenters. The predicted octanol–water partition coefficient (Wildman–Crippen LogP) is 3.78. The van der Waals surface area contributed by atoms with Gasteiger partial charge in [-0.1, -0.05) is 30.3 Å². The molecule has 2 aromatic rings. The fourth-order valence-electron chi connectivity index (χ4n) is 2.52. The summed E-state index contributed by atoms with van der Waals surface area (Å²) in [4.78, 5) is 18.5. The normalized spacial score (nSPS) is 13.6. The molecule has 0 bridgehead atoms. The van der Waals surface area contributed by atoms with E-state index in [0.29, 0.717) is 17.8 Å². The molecule has 1 aromatic carbocycles. The van der Waals surface area contributed by atoms with Gasteiger partial charge >= 0.3 is 6.03 Å². The van der Waals surface area contributed by atoms with E-state index in [9.17, 15) is 4.79 Å². The van der Waals surface area contributed by atoms with Crippen LogP contribution in [0.2, 0.25) is 0 Å². The van der Waals surface area contributed by atoms with Crippen molar-refractivity contribution in [3.05, 3.63) is 54.2 Å². The number of anilines is 2. The van der Waals surface area contributed by atoms with Gasteiger partial charge in [-0.15, -0.1) is 0 Å². The Morgan fingerprint density at radius 2 is 1.96 bits per heavy atom. The van der Waals surface area contributed by atoms with E-state index < -0.39 is 0 Å². The molecule has 5 nitrogen and oxygen atoms in total. The van der Waals surface area contributed by atoms with E-state index in [-0.39, 0.29) is 6.03 Å². The Balaban J connectivity index is 1.66. The minimum Gasteiger partial charge on any atom is -0.350 e. The minimum atomic E-state index is -0.156. The average molecular weight is 324 g/mol. The van der Waals surface area contributed by atoms with Gasteiger partial charge in [-0.3, -0.25) is 0 Å². The molecule has 1 saturated carbocycles. The number of aromatic nitrogens is 1. The molecule has 126 valence electrons. The highest BCUT2D eigenvalue weighted by Crippen LogP contribution is 2.21. The molecule has 0 spiro atoms. The van der Waals surface area contributed by atoms with Crippen LogP contribution in [-0.2, 0) is 6.54 Å². The summed E-state index contributed by atoms with van der Waals surface area (Å²) in [5, 5.41) is 5.73. The van der Waals surface area contributed by atoms with E-state index in [1.807, 2.05) is 30.3 Å². The number of amides is 2. The van der Waals surface area contributed by atoms with Gasteiger partial charge in [0.1, 0.15) is 5.82 Å². The second-order valence-corrected chi connectivity index (χ2v) is 6.49. The van der Waals surface area contributed by atoms with Crippen molar-refractivity contribution in [2.45, 2.75) is 45.3 Å². The maximum absolute atomic E-state index is 11.8. The van der Waals surface area contributed by atoms with Crippen molar-refractivity contribution in [2.75, 3.05) is 10.2 Å². The molecule has 0 aliphatic heterocycles. The standard InChI is InChI=1S/C19H24N4O/c1-14(2)23(13-15-6-4-3-5-7-15)18-11-10-17(12-20-18)22-19(24)21-16-8-9-16/h3-7,10-12,14,16H,8-9,13H2,1-2H3,(H2,21,22,24). The van der Waals surface area contributed by atoms with Crippen molar-refractivity contribution in [3.8, 4) is 0 Å². The van der Waals surface area contributed by atoms with Gasteiger partial charge in [-0.2, -0.15) is 0 Å². The maximum atomic E-state index is 11.8. The number of benzene rings is 1. The molecule has 0 radical (unpaired) electrons. The zero-order valence-corrected chi connectivity index (χ0v) is 14.2. The lowest BCUT2D eigenvalue weighted by Crippen LogP contribution is -2.31. The number of hydrogen-bond acceptors (Lipinski definition) is 3. The number of urea groups is 1. The second-order valence-electron chi connectivity index (χ2n) is 6.49. The van der Waals surface area contributed by atoms with Crippen molar-refractivity contribution in [2.24, 2.45) is 0 Å². The zero-order valence-electron chi connectivity index (χ0n) is 14.2. The Bertz CT molecular complexity index is 666. The fraction of sp³-hybridized carbons (Fsp3) is 0.368. The van der Waals surface area contributed by atoms with Crippen molar-refractivity contribution >= 4 is 17.5 Å². The Morgan fingerprint density at radius 1 is 1.21 bits per heavy atom. The first kappa shape index (κ1) is 16.3. The van der Waals surface area contributed by atoms with Crippen LogP contribution in [-0.4, -0.2) is 23.1 Å². The number of nitrogens with one attached hydrogen (secondary N) is 2. The molecule has 3 rings (SSSR count). The first-order valence-electron chi connectivity index (χ1n) is 8.46. The summed E-state index contributed by atoms with van der Waals surface area (Å²) in [7, 11) is 0. The molecule has 24 heavy (non-hydrogen) atoms. The number of rotatable bonds is 6. The van der Waals surface area contributed by atoms with Gasteiger partial charge in [0.2, 0.25) is 0 Å². The number of hydrogen-bond donors (Lipinski definition) is 2. The quantitative estimate of drug-likeness (QED) is 0.850. The Kier molecular flexibility index (Phi) is 4.99. The largest absolute Gasteiger partial charge is 0.350 e. The SMILES string of the molecule is CC(C)N(Cc1ccccc1)c1ccc(NC(=O)NC2CC2)cn1. The van der Waals surface area contributed by atoms with Gasteiger partial charge in [0, 0.05) is 18.6 Å². The van der Waals surface area contributed by atoms with Crippen LogP contribution in [0.3, 0.4) is 0 Å². The third-order valence-electron chi connectivity index (χ3n) is 4.03. The van der Waals surface area contributed by atoms with Gasteiger partial charge in [0.15, 0.2) is 0 Å². The fourth-order valence-corrected chi connectivity index (χ4v) is 2.52. The Labute approximate surface area is 143 Å². The van der Waals surface area contributed by atoms with E-state index >= 15 is 0 Å². The van der Waals surface area contributed by atoms with E-state index in [1.54, 1.807) is 6.20 Å². The summed E-state index contributed by atoms with van der Waals surface area (Å²) in [6.07, 6.45) is 3.86. The molecule has 0 saturated heterocycles. The second kappa shape index (κ2) is 7.34. The van der Waals surface area contributed by atoms with E-state index in [4.69, 9.17) is 0 Å². The Hall–Kier alpha value is -2.56. The molecule has 1 aliphatic carbocycles. The smallest absolute Gasteiger partial charge is 0.319 e.